The van der Waals surface area contributed by atoms with Crippen molar-refractivity contribution in [3.8, 4) is 0 Å². The van der Waals surface area contributed by atoms with Gasteiger partial charge in [-0.1, -0.05) is 24.3 Å². The van der Waals surface area contributed by atoms with Crippen molar-refractivity contribution >= 4 is 5.91 Å². The average molecular weight is 308 g/mol. The number of nitrogens with one attached hydrogen (secondary N) is 1. The van der Waals surface area contributed by atoms with Crippen LogP contribution in [0.3, 0.4) is 0 Å². The lowest BCUT2D eigenvalue weighted by molar-refractivity contribution is -0.121. The Bertz CT molecular complexity index is 667. The molecule has 120 valence electrons. The standard InChI is InChI=1S/C20H24N2O/c1-15(18-10-9-17-6-2-3-7-19(17)13-18)22-20(23)11-8-16-5-4-12-21-14-16/h4-5,9-10,12-15H,2-3,6-8,11H2,1H3,(H,22,23). The first-order valence-electron chi connectivity index (χ1n) is 8.52. The maximum absolute atomic E-state index is 12.2. The van der Waals surface area contributed by atoms with E-state index in [0.29, 0.717) is 6.42 Å². The second kappa shape index (κ2) is 7.40. The van der Waals surface area contributed by atoms with Crippen molar-refractivity contribution in [2.24, 2.45) is 0 Å². The van der Waals surface area contributed by atoms with E-state index in [4.69, 9.17) is 0 Å². The molecule has 3 nitrogen and oxygen atoms in total. The summed E-state index contributed by atoms with van der Waals surface area (Å²) in [5.74, 6) is 0.0964. The lowest BCUT2D eigenvalue weighted by Gasteiger charge is -2.20. The Kier molecular flexibility index (Phi) is 5.06. The summed E-state index contributed by atoms with van der Waals surface area (Å²) in [6, 6.07) is 10.7. The van der Waals surface area contributed by atoms with Crippen LogP contribution in [0.1, 0.15) is 54.5 Å². The number of carbonyl (C=O) groups is 1. The van der Waals surface area contributed by atoms with Gasteiger partial charge in [-0.3, -0.25) is 9.78 Å². The molecule has 1 aromatic heterocycles. The highest BCUT2D eigenvalue weighted by molar-refractivity contribution is 5.76. The minimum atomic E-state index is 0.0589. The number of aryl methyl sites for hydroxylation is 3. The van der Waals surface area contributed by atoms with Gasteiger partial charge in [0, 0.05) is 18.8 Å². The Labute approximate surface area is 138 Å². The highest BCUT2D eigenvalue weighted by Gasteiger charge is 2.14. The molecular formula is C20H24N2O. The SMILES string of the molecule is CC(NC(=O)CCc1cccnc1)c1ccc2c(c1)CCCC2. The number of carbonyl (C=O) groups excluding carboxylic acids is 1. The van der Waals surface area contributed by atoms with Gasteiger partial charge >= 0.3 is 0 Å². The number of amides is 1. The molecule has 1 heterocycles. The fraction of sp³-hybridized carbons (Fsp3) is 0.400. The predicted molar refractivity (Wildman–Crippen MR) is 92.2 cm³/mol. The van der Waals surface area contributed by atoms with Crippen LogP contribution in [0.15, 0.2) is 42.7 Å². The zero-order chi connectivity index (χ0) is 16.1. The molecule has 0 aliphatic heterocycles. The van der Waals surface area contributed by atoms with Gasteiger partial charge < -0.3 is 5.32 Å². The summed E-state index contributed by atoms with van der Waals surface area (Å²) in [6.45, 7) is 2.06. The quantitative estimate of drug-likeness (QED) is 0.913. The van der Waals surface area contributed by atoms with Crippen LogP contribution in [0, 0.1) is 0 Å². The summed E-state index contributed by atoms with van der Waals surface area (Å²) in [6.07, 6.45) is 9.75. The maximum Gasteiger partial charge on any atom is 0.220 e. The molecule has 3 rings (SSSR count). The van der Waals surface area contributed by atoms with Crippen molar-refractivity contribution in [2.75, 3.05) is 0 Å². The van der Waals surface area contributed by atoms with Crippen LogP contribution in [0.4, 0.5) is 0 Å². The summed E-state index contributed by atoms with van der Waals surface area (Å²) in [7, 11) is 0. The number of aromatic nitrogens is 1. The Morgan fingerprint density at radius 3 is 2.83 bits per heavy atom. The zero-order valence-corrected chi connectivity index (χ0v) is 13.7. The fourth-order valence-corrected chi connectivity index (χ4v) is 3.22. The molecule has 0 saturated heterocycles. The molecule has 1 aliphatic carbocycles. The first-order valence-corrected chi connectivity index (χ1v) is 8.52. The van der Waals surface area contributed by atoms with Crippen molar-refractivity contribution in [2.45, 2.75) is 51.5 Å². The minimum Gasteiger partial charge on any atom is -0.350 e. The maximum atomic E-state index is 12.2. The highest BCUT2D eigenvalue weighted by Crippen LogP contribution is 2.24. The molecule has 23 heavy (non-hydrogen) atoms. The van der Waals surface area contributed by atoms with E-state index in [1.165, 1.54) is 42.4 Å². The number of fused-ring (bicyclic) bond motifs is 1. The van der Waals surface area contributed by atoms with E-state index in [1.54, 1.807) is 6.20 Å². The summed E-state index contributed by atoms with van der Waals surface area (Å²) in [5.41, 5.74) is 5.25. The second-order valence-electron chi connectivity index (χ2n) is 6.39. The number of nitrogens with zero attached hydrogens (tertiary/aromatic N) is 1. The lowest BCUT2D eigenvalue weighted by atomic mass is 9.89. The number of hydrogen-bond acceptors (Lipinski definition) is 2. The minimum absolute atomic E-state index is 0.0589. The third-order valence-corrected chi connectivity index (χ3v) is 4.61. The first-order chi connectivity index (χ1) is 11.2. The largest absolute Gasteiger partial charge is 0.350 e. The van der Waals surface area contributed by atoms with E-state index in [0.717, 1.165) is 12.0 Å². The molecule has 0 bridgehead atoms. The van der Waals surface area contributed by atoms with Gasteiger partial charge in [0.15, 0.2) is 0 Å². The van der Waals surface area contributed by atoms with Gasteiger partial charge in [-0.15, -0.1) is 0 Å². The monoisotopic (exact) mass is 308 g/mol. The summed E-state index contributed by atoms with van der Waals surface area (Å²) < 4.78 is 0. The van der Waals surface area contributed by atoms with Crippen LogP contribution in [-0.2, 0) is 24.1 Å². The molecule has 1 amide bonds. The molecule has 2 aromatic rings. The Morgan fingerprint density at radius 1 is 1.22 bits per heavy atom. The molecule has 1 atom stereocenters. The van der Waals surface area contributed by atoms with Crippen LogP contribution in [-0.4, -0.2) is 10.9 Å². The van der Waals surface area contributed by atoms with E-state index in [2.05, 4.69) is 35.4 Å². The fourth-order valence-electron chi connectivity index (χ4n) is 3.22. The number of hydrogen-bond donors (Lipinski definition) is 1. The molecule has 1 aliphatic rings. The second-order valence-corrected chi connectivity index (χ2v) is 6.39. The molecule has 0 saturated carbocycles. The highest BCUT2D eigenvalue weighted by atomic mass is 16.1. The van der Waals surface area contributed by atoms with Gasteiger partial charge in [0.2, 0.25) is 5.91 Å². The predicted octanol–water partition coefficient (Wildman–Crippen LogP) is 3.77. The number of benzene rings is 1. The Morgan fingerprint density at radius 2 is 2.04 bits per heavy atom. The summed E-state index contributed by atoms with van der Waals surface area (Å²) >= 11 is 0. The van der Waals surface area contributed by atoms with E-state index < -0.39 is 0 Å². The van der Waals surface area contributed by atoms with E-state index in [1.807, 2.05) is 18.3 Å². The van der Waals surface area contributed by atoms with Crippen molar-refractivity contribution in [3.05, 3.63) is 65.0 Å². The van der Waals surface area contributed by atoms with Gasteiger partial charge in [0.25, 0.3) is 0 Å². The Hall–Kier alpha value is -2.16. The third kappa shape index (κ3) is 4.19. The third-order valence-electron chi connectivity index (χ3n) is 4.61. The first kappa shape index (κ1) is 15.7. The molecule has 0 fully saturated rings. The van der Waals surface area contributed by atoms with E-state index in [-0.39, 0.29) is 11.9 Å². The summed E-state index contributed by atoms with van der Waals surface area (Å²) in [4.78, 5) is 16.2. The van der Waals surface area contributed by atoms with Crippen molar-refractivity contribution in [3.63, 3.8) is 0 Å². The van der Waals surface area contributed by atoms with Crippen molar-refractivity contribution < 1.29 is 4.79 Å². The number of rotatable bonds is 5. The molecule has 1 N–H and O–H groups in total. The molecule has 3 heteroatoms. The van der Waals surface area contributed by atoms with Crippen molar-refractivity contribution in [1.29, 1.82) is 0 Å². The van der Waals surface area contributed by atoms with E-state index in [9.17, 15) is 4.79 Å². The number of pyridine rings is 1. The summed E-state index contributed by atoms with van der Waals surface area (Å²) in [5, 5.41) is 3.11. The normalized spacial score (nSPS) is 14.8. The van der Waals surface area contributed by atoms with Gasteiger partial charge in [-0.2, -0.15) is 0 Å². The molecule has 1 aromatic carbocycles. The zero-order valence-electron chi connectivity index (χ0n) is 13.7. The van der Waals surface area contributed by atoms with Crippen LogP contribution < -0.4 is 5.32 Å². The molecular weight excluding hydrogens is 284 g/mol. The Balaban J connectivity index is 1.56. The molecule has 0 spiro atoms. The van der Waals surface area contributed by atoms with Gasteiger partial charge in [0.05, 0.1) is 6.04 Å². The van der Waals surface area contributed by atoms with Crippen LogP contribution >= 0.6 is 0 Å². The van der Waals surface area contributed by atoms with Crippen LogP contribution in [0.5, 0.6) is 0 Å². The van der Waals surface area contributed by atoms with Crippen molar-refractivity contribution in [1.82, 2.24) is 10.3 Å². The smallest absolute Gasteiger partial charge is 0.220 e. The molecule has 0 radical (unpaired) electrons. The molecule has 1 unspecified atom stereocenters. The van der Waals surface area contributed by atoms with Gasteiger partial charge in [0.1, 0.15) is 0 Å². The van der Waals surface area contributed by atoms with Crippen LogP contribution in [0.2, 0.25) is 0 Å². The van der Waals surface area contributed by atoms with Gasteiger partial charge in [-0.05, 0) is 67.3 Å². The van der Waals surface area contributed by atoms with E-state index >= 15 is 0 Å². The average Bonchev–Trinajstić information content (AvgIpc) is 2.60. The van der Waals surface area contributed by atoms with Crippen LogP contribution in [0.25, 0.3) is 0 Å². The topological polar surface area (TPSA) is 42.0 Å². The lowest BCUT2D eigenvalue weighted by Crippen LogP contribution is -2.27. The van der Waals surface area contributed by atoms with Gasteiger partial charge in [-0.25, -0.2) is 0 Å².